The van der Waals surface area contributed by atoms with Crippen molar-refractivity contribution in [2.75, 3.05) is 0 Å². The Labute approximate surface area is 111 Å². The Morgan fingerprint density at radius 3 is 2.74 bits per heavy atom. The predicted molar refractivity (Wildman–Crippen MR) is 66.5 cm³/mol. The van der Waals surface area contributed by atoms with Crippen LogP contribution in [0, 0.1) is 24.0 Å². The Hall–Kier alpha value is -2.29. The lowest BCUT2D eigenvalue weighted by Crippen LogP contribution is -2.05. The average molecular weight is 282 g/mol. The van der Waals surface area contributed by atoms with Gasteiger partial charge in [0, 0.05) is 5.38 Å². The quantitative estimate of drug-likeness (QED) is 0.673. The van der Waals surface area contributed by atoms with E-state index in [0.717, 1.165) is 11.3 Å². The topological polar surface area (TPSA) is 111 Å². The number of aryl methyl sites for hydroxylation is 1. The number of thiazole rings is 1. The minimum Gasteiger partial charge on any atom is -0.476 e. The standard InChI is InChI=1S/C10H10N4O4S/c1-5-8(14(17)18)6(2)13(12-5)3-7-4-19-9(11-7)10(15)16/h4H,3H2,1-2H3,(H,15,16). The summed E-state index contributed by atoms with van der Waals surface area (Å²) in [6.07, 6.45) is 0. The van der Waals surface area contributed by atoms with Crippen LogP contribution in [0.3, 0.4) is 0 Å². The largest absolute Gasteiger partial charge is 0.476 e. The Morgan fingerprint density at radius 2 is 2.26 bits per heavy atom. The molecule has 0 atom stereocenters. The number of nitrogens with zero attached hydrogens (tertiary/aromatic N) is 4. The number of rotatable bonds is 4. The lowest BCUT2D eigenvalue weighted by atomic mass is 10.3. The third kappa shape index (κ3) is 2.45. The SMILES string of the molecule is Cc1nn(Cc2csc(C(=O)O)n2)c(C)c1[N+](=O)[O-]. The first-order valence-corrected chi connectivity index (χ1v) is 6.14. The lowest BCUT2D eigenvalue weighted by Gasteiger charge is -1.99. The van der Waals surface area contributed by atoms with E-state index in [1.807, 2.05) is 0 Å². The van der Waals surface area contributed by atoms with Gasteiger partial charge in [0.25, 0.3) is 0 Å². The van der Waals surface area contributed by atoms with Crippen LogP contribution in [0.4, 0.5) is 5.69 Å². The van der Waals surface area contributed by atoms with Gasteiger partial charge in [-0.3, -0.25) is 14.8 Å². The van der Waals surface area contributed by atoms with E-state index in [9.17, 15) is 14.9 Å². The van der Waals surface area contributed by atoms with Crippen molar-refractivity contribution in [3.05, 3.63) is 37.6 Å². The molecule has 0 bridgehead atoms. The molecule has 0 amide bonds. The van der Waals surface area contributed by atoms with E-state index in [4.69, 9.17) is 5.11 Å². The molecule has 100 valence electrons. The van der Waals surface area contributed by atoms with E-state index in [2.05, 4.69) is 10.1 Å². The van der Waals surface area contributed by atoms with Crippen LogP contribution in [-0.2, 0) is 6.54 Å². The second kappa shape index (κ2) is 4.76. The van der Waals surface area contributed by atoms with Crippen molar-refractivity contribution in [1.82, 2.24) is 14.8 Å². The fraction of sp³-hybridized carbons (Fsp3) is 0.300. The highest BCUT2D eigenvalue weighted by Gasteiger charge is 2.22. The molecule has 0 aliphatic rings. The number of aromatic nitrogens is 3. The maximum Gasteiger partial charge on any atom is 0.365 e. The van der Waals surface area contributed by atoms with Gasteiger partial charge in [-0.2, -0.15) is 5.10 Å². The second-order valence-electron chi connectivity index (χ2n) is 3.88. The summed E-state index contributed by atoms with van der Waals surface area (Å²) in [5.74, 6) is -1.09. The highest BCUT2D eigenvalue weighted by Crippen LogP contribution is 2.22. The third-order valence-electron chi connectivity index (χ3n) is 2.57. The van der Waals surface area contributed by atoms with Gasteiger partial charge in [-0.15, -0.1) is 11.3 Å². The van der Waals surface area contributed by atoms with Gasteiger partial charge in [0.1, 0.15) is 11.4 Å². The average Bonchev–Trinajstić information content (AvgIpc) is 2.85. The monoisotopic (exact) mass is 282 g/mol. The highest BCUT2D eigenvalue weighted by atomic mass is 32.1. The summed E-state index contributed by atoms with van der Waals surface area (Å²) >= 11 is 1.01. The fourth-order valence-electron chi connectivity index (χ4n) is 1.74. The normalized spacial score (nSPS) is 10.6. The summed E-state index contributed by atoms with van der Waals surface area (Å²) < 4.78 is 1.45. The molecule has 0 saturated heterocycles. The second-order valence-corrected chi connectivity index (χ2v) is 4.74. The van der Waals surface area contributed by atoms with Crippen LogP contribution in [0.25, 0.3) is 0 Å². The van der Waals surface area contributed by atoms with Gasteiger partial charge in [-0.25, -0.2) is 9.78 Å². The summed E-state index contributed by atoms with van der Waals surface area (Å²) in [5, 5.41) is 25.3. The Kier molecular flexibility index (Phi) is 3.30. The van der Waals surface area contributed by atoms with E-state index in [-0.39, 0.29) is 17.2 Å². The molecule has 0 aliphatic heterocycles. The van der Waals surface area contributed by atoms with Crippen LogP contribution in [0.2, 0.25) is 0 Å². The highest BCUT2D eigenvalue weighted by molar-refractivity contribution is 7.11. The van der Waals surface area contributed by atoms with Crippen LogP contribution >= 0.6 is 11.3 Å². The summed E-state index contributed by atoms with van der Waals surface area (Å²) in [4.78, 5) is 25.0. The Balaban J connectivity index is 2.31. The summed E-state index contributed by atoms with van der Waals surface area (Å²) in [6.45, 7) is 3.37. The van der Waals surface area contributed by atoms with Crippen LogP contribution < -0.4 is 0 Å². The zero-order valence-electron chi connectivity index (χ0n) is 10.2. The molecule has 0 aliphatic carbocycles. The number of aromatic carboxylic acids is 1. The molecule has 2 aromatic heterocycles. The van der Waals surface area contributed by atoms with Gasteiger partial charge in [0.15, 0.2) is 0 Å². The van der Waals surface area contributed by atoms with Crippen LogP contribution in [-0.4, -0.2) is 30.8 Å². The maximum absolute atomic E-state index is 10.9. The molecule has 0 spiro atoms. The first kappa shape index (κ1) is 13.1. The molecule has 2 rings (SSSR count). The van der Waals surface area contributed by atoms with Crippen molar-refractivity contribution in [3.63, 3.8) is 0 Å². The third-order valence-corrected chi connectivity index (χ3v) is 3.45. The fourth-order valence-corrected chi connectivity index (χ4v) is 2.38. The zero-order valence-corrected chi connectivity index (χ0v) is 11.0. The Bertz CT molecular complexity index is 661. The number of hydrogen-bond donors (Lipinski definition) is 1. The van der Waals surface area contributed by atoms with E-state index in [1.165, 1.54) is 4.68 Å². The van der Waals surface area contributed by atoms with E-state index < -0.39 is 10.9 Å². The van der Waals surface area contributed by atoms with E-state index in [0.29, 0.717) is 17.1 Å². The maximum atomic E-state index is 10.9. The van der Waals surface area contributed by atoms with Crippen molar-refractivity contribution >= 4 is 23.0 Å². The minimum atomic E-state index is -1.09. The van der Waals surface area contributed by atoms with Crippen molar-refractivity contribution in [2.45, 2.75) is 20.4 Å². The van der Waals surface area contributed by atoms with Gasteiger partial charge in [0.2, 0.25) is 5.01 Å². The summed E-state index contributed by atoms with van der Waals surface area (Å²) in [6, 6.07) is 0. The van der Waals surface area contributed by atoms with Crippen molar-refractivity contribution in [3.8, 4) is 0 Å². The molecule has 0 unspecified atom stereocenters. The van der Waals surface area contributed by atoms with Gasteiger partial charge in [-0.1, -0.05) is 0 Å². The van der Waals surface area contributed by atoms with Crippen LogP contribution in [0.1, 0.15) is 26.9 Å². The Morgan fingerprint density at radius 1 is 1.58 bits per heavy atom. The van der Waals surface area contributed by atoms with E-state index in [1.54, 1.807) is 19.2 Å². The van der Waals surface area contributed by atoms with Crippen molar-refractivity contribution < 1.29 is 14.8 Å². The van der Waals surface area contributed by atoms with Crippen LogP contribution in [0.15, 0.2) is 5.38 Å². The molecule has 0 fully saturated rings. The molecule has 2 heterocycles. The van der Waals surface area contributed by atoms with Gasteiger partial charge in [-0.05, 0) is 13.8 Å². The van der Waals surface area contributed by atoms with Gasteiger partial charge < -0.3 is 5.11 Å². The molecule has 9 heteroatoms. The number of carboxylic acid groups (broad SMARTS) is 1. The molecular formula is C10H10N4O4S. The first-order chi connectivity index (χ1) is 8.90. The predicted octanol–water partition coefficient (Wildman–Crippen LogP) is 1.61. The summed E-state index contributed by atoms with van der Waals surface area (Å²) in [5.41, 5.74) is 1.25. The van der Waals surface area contributed by atoms with Crippen LogP contribution in [0.5, 0.6) is 0 Å². The number of nitro groups is 1. The summed E-state index contributed by atoms with van der Waals surface area (Å²) in [7, 11) is 0. The van der Waals surface area contributed by atoms with Gasteiger partial charge in [0.05, 0.1) is 17.2 Å². The lowest BCUT2D eigenvalue weighted by molar-refractivity contribution is -0.386. The smallest absolute Gasteiger partial charge is 0.365 e. The molecule has 0 saturated carbocycles. The molecule has 0 aromatic carbocycles. The molecule has 8 nitrogen and oxygen atoms in total. The molecule has 2 aromatic rings. The van der Waals surface area contributed by atoms with E-state index >= 15 is 0 Å². The number of carboxylic acids is 1. The minimum absolute atomic E-state index is 0.00830. The molecular weight excluding hydrogens is 272 g/mol. The van der Waals surface area contributed by atoms with Gasteiger partial charge >= 0.3 is 11.7 Å². The molecule has 19 heavy (non-hydrogen) atoms. The number of hydrogen-bond acceptors (Lipinski definition) is 6. The molecule has 0 radical (unpaired) electrons. The van der Waals surface area contributed by atoms with Crippen molar-refractivity contribution in [1.29, 1.82) is 0 Å². The first-order valence-electron chi connectivity index (χ1n) is 5.26. The zero-order chi connectivity index (χ0) is 14.2. The molecule has 1 N–H and O–H groups in total. The van der Waals surface area contributed by atoms with Crippen molar-refractivity contribution in [2.24, 2.45) is 0 Å². The number of carbonyl (C=O) groups is 1.